The zero-order valence-electron chi connectivity index (χ0n) is 12.0. The lowest BCUT2D eigenvalue weighted by molar-refractivity contribution is -0.178. The van der Waals surface area contributed by atoms with Gasteiger partial charge in [0.2, 0.25) is 0 Å². The molecule has 1 unspecified atom stereocenters. The number of carbonyl (C=O) groups excluding carboxylic acids is 1. The molecule has 0 bridgehead atoms. The first-order chi connectivity index (χ1) is 8.95. The maximum absolute atomic E-state index is 12.3. The summed E-state index contributed by atoms with van der Waals surface area (Å²) in [5.41, 5.74) is -1.42. The molecule has 1 rings (SSSR count). The quantitative estimate of drug-likeness (QED) is 0.592. The molecule has 0 aliphatic carbocycles. The molecule has 5 heteroatoms. The summed E-state index contributed by atoms with van der Waals surface area (Å²) >= 11 is 0. The van der Waals surface area contributed by atoms with E-state index in [1.807, 2.05) is 13.8 Å². The second kappa shape index (κ2) is 6.89. The summed E-state index contributed by atoms with van der Waals surface area (Å²) in [6.07, 6.45) is 1.50. The molecule has 0 amide bonds. The van der Waals surface area contributed by atoms with Crippen molar-refractivity contribution < 1.29 is 24.2 Å². The van der Waals surface area contributed by atoms with Crippen LogP contribution in [0.2, 0.25) is 0 Å². The zero-order chi connectivity index (χ0) is 14.5. The third kappa shape index (κ3) is 3.47. The highest BCUT2D eigenvalue weighted by Gasteiger charge is 2.54. The summed E-state index contributed by atoms with van der Waals surface area (Å²) in [4.78, 5) is 24.1. The smallest absolute Gasteiger partial charge is 0.323 e. The maximum Gasteiger partial charge on any atom is 0.323 e. The van der Waals surface area contributed by atoms with E-state index in [4.69, 9.17) is 9.47 Å². The van der Waals surface area contributed by atoms with Crippen molar-refractivity contribution in [1.29, 1.82) is 0 Å². The van der Waals surface area contributed by atoms with E-state index in [0.717, 1.165) is 0 Å². The first-order valence-electron chi connectivity index (χ1n) is 6.93. The van der Waals surface area contributed by atoms with Gasteiger partial charge in [-0.05, 0) is 38.0 Å². The average Bonchev–Trinajstić information content (AvgIpc) is 2.36. The predicted octanol–water partition coefficient (Wildman–Crippen LogP) is 2.09. The summed E-state index contributed by atoms with van der Waals surface area (Å²) in [6.45, 7) is 6.78. The van der Waals surface area contributed by atoms with E-state index in [1.54, 1.807) is 6.92 Å². The molecule has 0 aromatic carbocycles. The number of aliphatic carboxylic acids is 1. The maximum atomic E-state index is 12.3. The lowest BCUT2D eigenvalue weighted by Crippen LogP contribution is -2.49. The van der Waals surface area contributed by atoms with Crippen molar-refractivity contribution in [3.05, 3.63) is 0 Å². The molecule has 1 N–H and O–H groups in total. The number of rotatable bonds is 6. The molecule has 1 atom stereocenters. The normalized spacial score (nSPS) is 20.0. The highest BCUT2D eigenvalue weighted by atomic mass is 16.5. The van der Waals surface area contributed by atoms with Crippen LogP contribution in [0.1, 0.15) is 40.0 Å². The Morgan fingerprint density at radius 3 is 2.37 bits per heavy atom. The molecule has 1 aliphatic heterocycles. The topological polar surface area (TPSA) is 72.8 Å². The molecule has 1 aliphatic rings. The van der Waals surface area contributed by atoms with Crippen LogP contribution in [0, 0.1) is 17.3 Å². The first-order valence-corrected chi connectivity index (χ1v) is 6.93. The number of carboxylic acid groups (broad SMARTS) is 1. The number of hydrogen-bond donors (Lipinski definition) is 1. The van der Waals surface area contributed by atoms with Crippen molar-refractivity contribution in [3.8, 4) is 0 Å². The Labute approximate surface area is 114 Å². The Morgan fingerprint density at radius 1 is 1.37 bits per heavy atom. The van der Waals surface area contributed by atoms with Gasteiger partial charge in [0.25, 0.3) is 0 Å². The lowest BCUT2D eigenvalue weighted by Gasteiger charge is -2.38. The SMILES string of the molecule is CCOC(=O)C(CC(C)C)(C(=O)O)C1CCOCC1. The number of esters is 1. The molecule has 0 saturated carbocycles. The van der Waals surface area contributed by atoms with Gasteiger partial charge in [0.15, 0.2) is 5.41 Å². The molecular formula is C14H24O5. The van der Waals surface area contributed by atoms with Crippen molar-refractivity contribution in [1.82, 2.24) is 0 Å². The molecule has 1 fully saturated rings. The average molecular weight is 272 g/mol. The number of carbonyl (C=O) groups is 2. The first kappa shape index (κ1) is 16.0. The Morgan fingerprint density at radius 2 is 1.95 bits per heavy atom. The highest BCUT2D eigenvalue weighted by molar-refractivity contribution is 5.99. The van der Waals surface area contributed by atoms with Gasteiger partial charge in [-0.15, -0.1) is 0 Å². The molecule has 1 heterocycles. The van der Waals surface area contributed by atoms with E-state index in [9.17, 15) is 14.7 Å². The Bertz CT molecular complexity index is 320. The van der Waals surface area contributed by atoms with Crippen LogP contribution in [0.25, 0.3) is 0 Å². The van der Waals surface area contributed by atoms with Gasteiger partial charge < -0.3 is 14.6 Å². The molecule has 19 heavy (non-hydrogen) atoms. The molecule has 0 radical (unpaired) electrons. The van der Waals surface area contributed by atoms with Gasteiger partial charge in [-0.25, -0.2) is 0 Å². The van der Waals surface area contributed by atoms with Gasteiger partial charge in [0, 0.05) is 13.2 Å². The minimum Gasteiger partial charge on any atom is -0.480 e. The molecule has 110 valence electrons. The molecule has 5 nitrogen and oxygen atoms in total. The van der Waals surface area contributed by atoms with E-state index in [2.05, 4.69) is 0 Å². The molecule has 0 aromatic heterocycles. The third-order valence-electron chi connectivity index (χ3n) is 3.67. The van der Waals surface area contributed by atoms with Crippen molar-refractivity contribution >= 4 is 11.9 Å². The molecule has 0 spiro atoms. The molecular weight excluding hydrogens is 248 g/mol. The van der Waals surface area contributed by atoms with Gasteiger partial charge in [-0.2, -0.15) is 0 Å². The van der Waals surface area contributed by atoms with E-state index >= 15 is 0 Å². The second-order valence-corrected chi connectivity index (χ2v) is 5.48. The van der Waals surface area contributed by atoms with Gasteiger partial charge in [0.05, 0.1) is 6.61 Å². The van der Waals surface area contributed by atoms with Crippen LogP contribution in [0.15, 0.2) is 0 Å². The third-order valence-corrected chi connectivity index (χ3v) is 3.67. The number of ether oxygens (including phenoxy) is 2. The monoisotopic (exact) mass is 272 g/mol. The van der Waals surface area contributed by atoms with Crippen LogP contribution in [0.5, 0.6) is 0 Å². The van der Waals surface area contributed by atoms with E-state index in [0.29, 0.717) is 32.5 Å². The largest absolute Gasteiger partial charge is 0.480 e. The minimum atomic E-state index is -1.42. The fourth-order valence-corrected chi connectivity index (χ4v) is 2.86. The molecule has 0 aromatic rings. The standard InChI is InChI=1S/C14H24O5/c1-4-19-13(17)14(12(15)16,9-10(2)3)11-5-7-18-8-6-11/h10-11H,4-9H2,1-3H3,(H,15,16). The zero-order valence-corrected chi connectivity index (χ0v) is 12.0. The Kier molecular flexibility index (Phi) is 5.79. The van der Waals surface area contributed by atoms with Crippen molar-refractivity contribution in [2.75, 3.05) is 19.8 Å². The lowest BCUT2D eigenvalue weighted by atomic mass is 9.67. The summed E-state index contributed by atoms with van der Waals surface area (Å²) in [5, 5.41) is 9.68. The fourth-order valence-electron chi connectivity index (χ4n) is 2.86. The summed E-state index contributed by atoms with van der Waals surface area (Å²) < 4.78 is 10.3. The van der Waals surface area contributed by atoms with Crippen molar-refractivity contribution in [3.63, 3.8) is 0 Å². The van der Waals surface area contributed by atoms with Gasteiger partial charge in [-0.3, -0.25) is 9.59 Å². The van der Waals surface area contributed by atoms with Gasteiger partial charge in [0.1, 0.15) is 0 Å². The van der Waals surface area contributed by atoms with E-state index < -0.39 is 17.4 Å². The van der Waals surface area contributed by atoms with Crippen LogP contribution >= 0.6 is 0 Å². The second-order valence-electron chi connectivity index (χ2n) is 5.48. The Hall–Kier alpha value is -1.10. The van der Waals surface area contributed by atoms with Crippen LogP contribution in [0.3, 0.4) is 0 Å². The van der Waals surface area contributed by atoms with Crippen molar-refractivity contribution in [2.24, 2.45) is 17.3 Å². The highest BCUT2D eigenvalue weighted by Crippen LogP contribution is 2.42. The minimum absolute atomic E-state index is 0.114. The van der Waals surface area contributed by atoms with Crippen molar-refractivity contribution in [2.45, 2.75) is 40.0 Å². The predicted molar refractivity (Wildman–Crippen MR) is 69.7 cm³/mol. The molecule has 1 saturated heterocycles. The summed E-state index contributed by atoms with van der Waals surface area (Å²) in [7, 11) is 0. The van der Waals surface area contributed by atoms with Crippen LogP contribution in [-0.4, -0.2) is 36.9 Å². The van der Waals surface area contributed by atoms with Gasteiger partial charge in [-0.1, -0.05) is 13.8 Å². The van der Waals surface area contributed by atoms with Crippen LogP contribution < -0.4 is 0 Å². The summed E-state index contributed by atoms with van der Waals surface area (Å²) in [6, 6.07) is 0. The van der Waals surface area contributed by atoms with E-state index in [-0.39, 0.29) is 18.4 Å². The summed E-state index contributed by atoms with van der Waals surface area (Å²) in [5.74, 6) is -1.75. The van der Waals surface area contributed by atoms with Crippen LogP contribution in [0.4, 0.5) is 0 Å². The fraction of sp³-hybridized carbons (Fsp3) is 0.857. The number of hydrogen-bond acceptors (Lipinski definition) is 4. The van der Waals surface area contributed by atoms with Crippen LogP contribution in [-0.2, 0) is 19.1 Å². The van der Waals surface area contributed by atoms with Gasteiger partial charge >= 0.3 is 11.9 Å². The van der Waals surface area contributed by atoms with E-state index in [1.165, 1.54) is 0 Å². The Balaban J connectivity index is 3.09. The number of carboxylic acids is 1.